The number of alkyl halides is 1. The zero-order valence-corrected chi connectivity index (χ0v) is 14.0. The molecule has 1 aliphatic heterocycles. The maximum atomic E-state index is 5.72. The van der Waals surface area contributed by atoms with Gasteiger partial charge in [-0.05, 0) is 22.0 Å². The molecular formula is C13H16Br2O4. The van der Waals surface area contributed by atoms with Gasteiger partial charge in [0.25, 0.3) is 0 Å². The topological polar surface area (TPSA) is 36.9 Å². The number of halogens is 2. The fourth-order valence-corrected chi connectivity index (χ4v) is 3.36. The molecule has 19 heavy (non-hydrogen) atoms. The average molecular weight is 396 g/mol. The zero-order chi connectivity index (χ0) is 13.8. The van der Waals surface area contributed by atoms with E-state index in [1.165, 1.54) is 0 Å². The minimum absolute atomic E-state index is 0.00459. The third kappa shape index (κ3) is 3.24. The molecule has 0 radical (unpaired) electrons. The molecule has 2 atom stereocenters. The Morgan fingerprint density at radius 3 is 2.63 bits per heavy atom. The summed E-state index contributed by atoms with van der Waals surface area (Å²) in [5.74, 6) is 1.48. The minimum atomic E-state index is -0.0251. The van der Waals surface area contributed by atoms with Crippen LogP contribution in [0.3, 0.4) is 0 Å². The van der Waals surface area contributed by atoms with Gasteiger partial charge in [-0.15, -0.1) is 0 Å². The SMILES string of the molecule is COc1ccc(C(Br)C2COCCO2)c(OC)c1Br. The molecule has 0 spiro atoms. The Kier molecular flexibility index (Phi) is 5.50. The third-order valence-corrected chi connectivity index (χ3v) is 4.82. The molecule has 1 aliphatic rings. The molecule has 1 aromatic carbocycles. The second-order valence-electron chi connectivity index (χ2n) is 4.09. The van der Waals surface area contributed by atoms with Gasteiger partial charge in [-0.2, -0.15) is 0 Å². The summed E-state index contributed by atoms with van der Waals surface area (Å²) in [4.78, 5) is 0.00459. The lowest BCUT2D eigenvalue weighted by atomic mass is 10.1. The van der Waals surface area contributed by atoms with Crippen LogP contribution in [0.1, 0.15) is 10.4 Å². The number of hydrogen-bond acceptors (Lipinski definition) is 4. The van der Waals surface area contributed by atoms with Crippen molar-refractivity contribution in [3.05, 3.63) is 22.2 Å². The molecular weight excluding hydrogens is 380 g/mol. The van der Waals surface area contributed by atoms with Crippen molar-refractivity contribution in [2.24, 2.45) is 0 Å². The van der Waals surface area contributed by atoms with Crippen molar-refractivity contribution in [3.8, 4) is 11.5 Å². The highest BCUT2D eigenvalue weighted by Gasteiger charge is 2.28. The van der Waals surface area contributed by atoms with Crippen LogP contribution < -0.4 is 9.47 Å². The lowest BCUT2D eigenvalue weighted by Gasteiger charge is -2.28. The molecule has 4 nitrogen and oxygen atoms in total. The molecule has 1 fully saturated rings. The van der Waals surface area contributed by atoms with Crippen LogP contribution in [0, 0.1) is 0 Å². The summed E-state index contributed by atoms with van der Waals surface area (Å²) in [6.45, 7) is 1.84. The molecule has 0 saturated carbocycles. The first-order valence-electron chi connectivity index (χ1n) is 5.92. The van der Waals surface area contributed by atoms with E-state index in [1.54, 1.807) is 14.2 Å². The molecule has 0 aliphatic carbocycles. The molecule has 0 bridgehead atoms. The molecule has 0 aromatic heterocycles. The monoisotopic (exact) mass is 394 g/mol. The van der Waals surface area contributed by atoms with Gasteiger partial charge in [0, 0.05) is 5.56 Å². The Morgan fingerprint density at radius 1 is 1.26 bits per heavy atom. The number of methoxy groups -OCH3 is 2. The molecule has 2 rings (SSSR count). The smallest absolute Gasteiger partial charge is 0.141 e. The predicted molar refractivity (Wildman–Crippen MR) is 79.5 cm³/mol. The summed E-state index contributed by atoms with van der Waals surface area (Å²) in [7, 11) is 3.27. The molecule has 1 aromatic rings. The van der Waals surface area contributed by atoms with E-state index in [1.807, 2.05) is 12.1 Å². The first kappa shape index (κ1) is 15.1. The Morgan fingerprint density at radius 2 is 2.05 bits per heavy atom. The van der Waals surface area contributed by atoms with Crippen molar-refractivity contribution in [2.45, 2.75) is 10.9 Å². The molecule has 1 heterocycles. The molecule has 2 unspecified atom stereocenters. The number of ether oxygens (including phenoxy) is 4. The lowest BCUT2D eigenvalue weighted by molar-refractivity contribution is -0.0877. The van der Waals surface area contributed by atoms with E-state index in [0.29, 0.717) is 19.8 Å². The summed E-state index contributed by atoms with van der Waals surface area (Å²) < 4.78 is 22.7. The van der Waals surface area contributed by atoms with E-state index in [2.05, 4.69) is 31.9 Å². The Hall–Kier alpha value is -0.300. The number of benzene rings is 1. The van der Waals surface area contributed by atoms with Crippen molar-refractivity contribution in [2.75, 3.05) is 34.0 Å². The van der Waals surface area contributed by atoms with Crippen LogP contribution in [0.25, 0.3) is 0 Å². The fourth-order valence-electron chi connectivity index (χ4n) is 2.01. The van der Waals surface area contributed by atoms with E-state index >= 15 is 0 Å². The summed E-state index contributed by atoms with van der Waals surface area (Å²) in [5.41, 5.74) is 1.01. The summed E-state index contributed by atoms with van der Waals surface area (Å²) in [6, 6.07) is 3.87. The quantitative estimate of drug-likeness (QED) is 0.733. The largest absolute Gasteiger partial charge is 0.495 e. The standard InChI is InChI=1S/C13H16Br2O4/c1-16-9-4-3-8(13(17-2)12(9)15)11(14)10-7-18-5-6-19-10/h3-4,10-11H,5-7H2,1-2H3. The summed E-state index contributed by atoms with van der Waals surface area (Å²) >= 11 is 7.18. The zero-order valence-electron chi connectivity index (χ0n) is 10.8. The van der Waals surface area contributed by atoms with Crippen molar-refractivity contribution in [3.63, 3.8) is 0 Å². The van der Waals surface area contributed by atoms with Crippen LogP contribution >= 0.6 is 31.9 Å². The van der Waals surface area contributed by atoms with Crippen LogP contribution in [-0.2, 0) is 9.47 Å². The van der Waals surface area contributed by atoms with Gasteiger partial charge in [-0.3, -0.25) is 0 Å². The van der Waals surface area contributed by atoms with Crippen LogP contribution in [0.2, 0.25) is 0 Å². The highest BCUT2D eigenvalue weighted by molar-refractivity contribution is 9.10. The maximum Gasteiger partial charge on any atom is 0.141 e. The van der Waals surface area contributed by atoms with Gasteiger partial charge >= 0.3 is 0 Å². The second-order valence-corrected chi connectivity index (χ2v) is 5.87. The van der Waals surface area contributed by atoms with E-state index in [0.717, 1.165) is 21.5 Å². The van der Waals surface area contributed by atoms with Gasteiger partial charge < -0.3 is 18.9 Å². The van der Waals surface area contributed by atoms with Gasteiger partial charge in [0.15, 0.2) is 0 Å². The highest BCUT2D eigenvalue weighted by atomic mass is 79.9. The summed E-state index contributed by atoms with van der Waals surface area (Å²) in [5, 5.41) is 0. The predicted octanol–water partition coefficient (Wildman–Crippen LogP) is 3.32. The number of hydrogen-bond donors (Lipinski definition) is 0. The average Bonchev–Trinajstić information content (AvgIpc) is 2.47. The van der Waals surface area contributed by atoms with Crippen molar-refractivity contribution in [1.82, 2.24) is 0 Å². The van der Waals surface area contributed by atoms with Crippen molar-refractivity contribution < 1.29 is 18.9 Å². The molecule has 6 heteroatoms. The molecule has 0 N–H and O–H groups in total. The van der Waals surface area contributed by atoms with Gasteiger partial charge in [-0.25, -0.2) is 0 Å². The van der Waals surface area contributed by atoms with Crippen molar-refractivity contribution >= 4 is 31.9 Å². The third-order valence-electron chi connectivity index (χ3n) is 2.98. The lowest BCUT2D eigenvalue weighted by Crippen LogP contribution is -2.31. The Balaban J connectivity index is 2.30. The van der Waals surface area contributed by atoms with E-state index in [9.17, 15) is 0 Å². The Labute approximate surface area is 129 Å². The van der Waals surface area contributed by atoms with Gasteiger partial charge in [0.1, 0.15) is 16.0 Å². The molecule has 1 saturated heterocycles. The second kappa shape index (κ2) is 6.92. The first-order chi connectivity index (χ1) is 9.19. The van der Waals surface area contributed by atoms with E-state index in [4.69, 9.17) is 18.9 Å². The van der Waals surface area contributed by atoms with Gasteiger partial charge in [-0.1, -0.05) is 22.0 Å². The number of rotatable bonds is 4. The minimum Gasteiger partial charge on any atom is -0.495 e. The maximum absolute atomic E-state index is 5.72. The van der Waals surface area contributed by atoms with E-state index in [-0.39, 0.29) is 10.9 Å². The van der Waals surface area contributed by atoms with Crippen LogP contribution in [0.4, 0.5) is 0 Å². The Bertz CT molecular complexity index is 433. The van der Waals surface area contributed by atoms with E-state index < -0.39 is 0 Å². The fraction of sp³-hybridized carbons (Fsp3) is 0.538. The summed E-state index contributed by atoms with van der Waals surface area (Å²) in [6.07, 6.45) is -0.0251. The molecule has 106 valence electrons. The van der Waals surface area contributed by atoms with Crippen LogP contribution in [-0.4, -0.2) is 40.1 Å². The van der Waals surface area contributed by atoms with Crippen LogP contribution in [0.5, 0.6) is 11.5 Å². The highest BCUT2D eigenvalue weighted by Crippen LogP contribution is 2.43. The van der Waals surface area contributed by atoms with Gasteiger partial charge in [0.05, 0.1) is 45.0 Å². The molecule has 0 amide bonds. The van der Waals surface area contributed by atoms with Gasteiger partial charge in [0.2, 0.25) is 0 Å². The first-order valence-corrected chi connectivity index (χ1v) is 7.63. The van der Waals surface area contributed by atoms with Crippen molar-refractivity contribution in [1.29, 1.82) is 0 Å². The van der Waals surface area contributed by atoms with Crippen LogP contribution in [0.15, 0.2) is 16.6 Å². The normalized spacial score (nSPS) is 20.9.